The van der Waals surface area contributed by atoms with Gasteiger partial charge >= 0.3 is 10.2 Å². The molecule has 0 aliphatic heterocycles. The second kappa shape index (κ2) is 8.21. The third-order valence-corrected chi connectivity index (χ3v) is 4.93. The zero-order valence-electron chi connectivity index (χ0n) is 13.2. The van der Waals surface area contributed by atoms with Gasteiger partial charge in [0.05, 0.1) is 12.8 Å². The van der Waals surface area contributed by atoms with Gasteiger partial charge in [0, 0.05) is 30.3 Å². The standard InChI is InChI=1S/C16H19ClN2O4S/c1-23-15-7-5-14(6-8-15)18-24(21,22)19-11-9-13(12-19)16(20)4-2-3-10-17/h5-9,11-12,18H,2-4,10H2,1H3. The summed E-state index contributed by atoms with van der Waals surface area (Å²) in [7, 11) is -2.29. The lowest BCUT2D eigenvalue weighted by Crippen LogP contribution is -2.20. The number of nitrogens with zero attached hydrogens (tertiary/aromatic N) is 1. The number of Topliss-reactive ketones (excluding diaryl/α,β-unsaturated/α-hetero) is 1. The van der Waals surface area contributed by atoms with Crippen molar-refractivity contribution >= 4 is 33.3 Å². The number of carbonyl (C=O) groups is 1. The van der Waals surface area contributed by atoms with Crippen LogP contribution < -0.4 is 9.46 Å². The Kier molecular flexibility index (Phi) is 6.28. The molecule has 1 heterocycles. The van der Waals surface area contributed by atoms with Gasteiger partial charge in [-0.3, -0.25) is 9.52 Å². The summed E-state index contributed by atoms with van der Waals surface area (Å²) in [6.45, 7) is 0. The Morgan fingerprint density at radius 2 is 1.92 bits per heavy atom. The Hall–Kier alpha value is -1.99. The molecule has 1 aromatic heterocycles. The van der Waals surface area contributed by atoms with E-state index in [0.29, 0.717) is 35.7 Å². The van der Waals surface area contributed by atoms with Crippen LogP contribution in [0.15, 0.2) is 42.7 Å². The van der Waals surface area contributed by atoms with Gasteiger partial charge in [0.2, 0.25) is 0 Å². The molecular formula is C16H19ClN2O4S. The van der Waals surface area contributed by atoms with E-state index in [9.17, 15) is 13.2 Å². The van der Waals surface area contributed by atoms with Crippen molar-refractivity contribution < 1.29 is 17.9 Å². The Labute approximate surface area is 146 Å². The zero-order valence-corrected chi connectivity index (χ0v) is 14.8. The van der Waals surface area contributed by atoms with Gasteiger partial charge in [-0.2, -0.15) is 8.42 Å². The predicted molar refractivity (Wildman–Crippen MR) is 94.3 cm³/mol. The molecule has 1 aromatic carbocycles. The number of halogens is 1. The molecule has 130 valence electrons. The summed E-state index contributed by atoms with van der Waals surface area (Å²) in [6, 6.07) is 7.99. The van der Waals surface area contributed by atoms with E-state index in [4.69, 9.17) is 16.3 Å². The number of benzene rings is 1. The first kappa shape index (κ1) is 18.4. The van der Waals surface area contributed by atoms with E-state index in [2.05, 4.69) is 4.72 Å². The molecule has 0 unspecified atom stereocenters. The topological polar surface area (TPSA) is 77.4 Å². The maximum Gasteiger partial charge on any atom is 0.327 e. The molecule has 0 saturated heterocycles. The zero-order chi connectivity index (χ0) is 17.6. The maximum absolute atomic E-state index is 12.3. The Morgan fingerprint density at radius 1 is 1.21 bits per heavy atom. The number of anilines is 1. The van der Waals surface area contributed by atoms with E-state index in [-0.39, 0.29) is 5.78 Å². The highest BCUT2D eigenvalue weighted by Gasteiger charge is 2.15. The minimum absolute atomic E-state index is 0.0986. The van der Waals surface area contributed by atoms with Gasteiger partial charge in [0.25, 0.3) is 0 Å². The fraction of sp³-hybridized carbons (Fsp3) is 0.312. The van der Waals surface area contributed by atoms with Gasteiger partial charge in [0.15, 0.2) is 5.78 Å². The molecule has 24 heavy (non-hydrogen) atoms. The summed E-state index contributed by atoms with van der Waals surface area (Å²) in [5, 5.41) is 0. The quantitative estimate of drug-likeness (QED) is 0.417. The number of rotatable bonds is 9. The normalized spacial score (nSPS) is 11.2. The van der Waals surface area contributed by atoms with E-state index < -0.39 is 10.2 Å². The number of nitrogens with one attached hydrogen (secondary N) is 1. The summed E-state index contributed by atoms with van der Waals surface area (Å²) >= 11 is 5.58. The third kappa shape index (κ3) is 4.75. The van der Waals surface area contributed by atoms with Crippen LogP contribution >= 0.6 is 11.6 Å². The maximum atomic E-state index is 12.3. The number of carbonyl (C=O) groups excluding carboxylic acids is 1. The molecule has 2 aromatic rings. The van der Waals surface area contributed by atoms with E-state index in [1.807, 2.05) is 0 Å². The minimum Gasteiger partial charge on any atom is -0.497 e. The summed E-state index contributed by atoms with van der Waals surface area (Å²) in [4.78, 5) is 12.0. The van der Waals surface area contributed by atoms with Crippen LogP contribution in [0.3, 0.4) is 0 Å². The van der Waals surface area contributed by atoms with E-state index >= 15 is 0 Å². The number of methoxy groups -OCH3 is 1. The highest BCUT2D eigenvalue weighted by molar-refractivity contribution is 7.91. The van der Waals surface area contributed by atoms with Crippen molar-refractivity contribution in [3.63, 3.8) is 0 Å². The predicted octanol–water partition coefficient (Wildman–Crippen LogP) is 3.29. The average molecular weight is 371 g/mol. The molecule has 8 heteroatoms. The first-order valence-corrected chi connectivity index (χ1v) is 9.38. The molecule has 0 spiro atoms. The SMILES string of the molecule is COc1ccc(NS(=O)(=O)n2ccc(C(=O)CCCCCl)c2)cc1. The Morgan fingerprint density at radius 3 is 2.54 bits per heavy atom. The van der Waals surface area contributed by atoms with Crippen molar-refractivity contribution in [2.75, 3.05) is 17.7 Å². The van der Waals surface area contributed by atoms with Crippen LogP contribution in [-0.4, -0.2) is 31.2 Å². The van der Waals surface area contributed by atoms with Gasteiger partial charge in [-0.1, -0.05) is 0 Å². The molecule has 6 nitrogen and oxygen atoms in total. The van der Waals surface area contributed by atoms with Gasteiger partial charge in [-0.25, -0.2) is 3.97 Å². The van der Waals surface area contributed by atoms with Crippen LogP contribution in [0.4, 0.5) is 5.69 Å². The summed E-state index contributed by atoms with van der Waals surface area (Å²) < 4.78 is 33.1. The van der Waals surface area contributed by atoms with Gasteiger partial charge < -0.3 is 4.74 Å². The third-order valence-electron chi connectivity index (χ3n) is 3.39. The first-order chi connectivity index (χ1) is 11.5. The number of ketones is 1. The average Bonchev–Trinajstić information content (AvgIpc) is 3.06. The van der Waals surface area contributed by atoms with Crippen molar-refractivity contribution in [1.82, 2.24) is 3.97 Å². The monoisotopic (exact) mass is 370 g/mol. The second-order valence-electron chi connectivity index (χ2n) is 5.13. The van der Waals surface area contributed by atoms with Gasteiger partial charge in [-0.05, 0) is 43.2 Å². The molecule has 0 bridgehead atoms. The molecule has 0 aliphatic rings. The van der Waals surface area contributed by atoms with Gasteiger partial charge in [-0.15, -0.1) is 11.6 Å². The molecule has 2 rings (SSSR count). The molecular weight excluding hydrogens is 352 g/mol. The lowest BCUT2D eigenvalue weighted by molar-refractivity contribution is 0.0980. The first-order valence-electron chi connectivity index (χ1n) is 7.41. The number of ether oxygens (including phenoxy) is 1. The van der Waals surface area contributed by atoms with Crippen molar-refractivity contribution in [3.05, 3.63) is 48.3 Å². The van der Waals surface area contributed by atoms with Crippen molar-refractivity contribution in [2.24, 2.45) is 0 Å². The van der Waals surface area contributed by atoms with Crippen LogP contribution in [0.2, 0.25) is 0 Å². The summed E-state index contributed by atoms with van der Waals surface area (Å²) in [5.74, 6) is 1.04. The molecule has 0 radical (unpaired) electrons. The number of hydrogen-bond donors (Lipinski definition) is 1. The lowest BCUT2D eigenvalue weighted by Gasteiger charge is -2.09. The van der Waals surface area contributed by atoms with Crippen molar-refractivity contribution in [3.8, 4) is 5.75 Å². The van der Waals surface area contributed by atoms with E-state index in [0.717, 1.165) is 10.4 Å². The van der Waals surface area contributed by atoms with Crippen molar-refractivity contribution in [1.29, 1.82) is 0 Å². The van der Waals surface area contributed by atoms with Crippen LogP contribution in [0.25, 0.3) is 0 Å². The molecule has 1 N–H and O–H groups in total. The highest BCUT2D eigenvalue weighted by atomic mass is 35.5. The number of aromatic nitrogens is 1. The van der Waals surface area contributed by atoms with Gasteiger partial charge in [0.1, 0.15) is 5.75 Å². The highest BCUT2D eigenvalue weighted by Crippen LogP contribution is 2.17. The van der Waals surface area contributed by atoms with E-state index in [1.54, 1.807) is 24.3 Å². The van der Waals surface area contributed by atoms with Crippen LogP contribution in [0, 0.1) is 0 Å². The lowest BCUT2D eigenvalue weighted by atomic mass is 10.1. The van der Waals surface area contributed by atoms with Crippen LogP contribution in [0.5, 0.6) is 5.75 Å². The molecule has 0 atom stereocenters. The largest absolute Gasteiger partial charge is 0.497 e. The second-order valence-corrected chi connectivity index (χ2v) is 7.09. The number of hydrogen-bond acceptors (Lipinski definition) is 4. The Bertz CT molecular complexity index is 785. The molecule has 0 saturated carbocycles. The number of alkyl halides is 1. The fourth-order valence-corrected chi connectivity index (χ4v) is 3.28. The van der Waals surface area contributed by atoms with Crippen molar-refractivity contribution in [2.45, 2.75) is 19.3 Å². The molecule has 0 fully saturated rings. The summed E-state index contributed by atoms with van der Waals surface area (Å²) in [6.07, 6.45) is 4.45. The Balaban J connectivity index is 2.07. The molecule has 0 aliphatic carbocycles. The molecule has 0 amide bonds. The number of unbranched alkanes of at least 4 members (excludes halogenated alkanes) is 1. The smallest absolute Gasteiger partial charge is 0.327 e. The fourth-order valence-electron chi connectivity index (χ4n) is 2.08. The van der Waals surface area contributed by atoms with E-state index in [1.165, 1.54) is 25.6 Å². The van der Waals surface area contributed by atoms with Crippen LogP contribution in [-0.2, 0) is 10.2 Å². The summed E-state index contributed by atoms with van der Waals surface area (Å²) in [5.41, 5.74) is 0.768. The van der Waals surface area contributed by atoms with Crippen LogP contribution in [0.1, 0.15) is 29.6 Å². The minimum atomic E-state index is -3.82.